The molecule has 1 N–H and O–H groups in total. The van der Waals surface area contributed by atoms with E-state index in [1.54, 1.807) is 0 Å². The van der Waals surface area contributed by atoms with Crippen LogP contribution in [0.3, 0.4) is 0 Å². The van der Waals surface area contributed by atoms with Gasteiger partial charge in [-0.05, 0) is 25.1 Å². The number of rotatable bonds is 2. The van der Waals surface area contributed by atoms with Crippen molar-refractivity contribution in [3.05, 3.63) is 76.3 Å². The van der Waals surface area contributed by atoms with E-state index in [0.717, 1.165) is 28.4 Å². The number of aliphatic imine (C=N–C) groups is 1. The molecule has 1 aromatic heterocycles. The molecule has 0 amide bonds. The normalized spacial score (nSPS) is 16.1. The summed E-state index contributed by atoms with van der Waals surface area (Å²) in [5.41, 5.74) is 3.69. The lowest BCUT2D eigenvalue weighted by atomic mass is 10.0. The predicted octanol–water partition coefficient (Wildman–Crippen LogP) is 3.11. The molecule has 120 valence electrons. The van der Waals surface area contributed by atoms with Crippen LogP contribution in [0.5, 0.6) is 0 Å². The SMILES string of the molecule is Cc1nnc2n1-c1ccccc1C(c1ccc(Cl)cc1)=N[C@H]2CO. The van der Waals surface area contributed by atoms with Crippen molar-refractivity contribution in [2.24, 2.45) is 4.99 Å². The highest BCUT2D eigenvalue weighted by Gasteiger charge is 2.27. The van der Waals surface area contributed by atoms with Gasteiger partial charge in [-0.25, -0.2) is 0 Å². The molecule has 0 unspecified atom stereocenters. The number of aliphatic hydroxyl groups is 1. The maximum atomic E-state index is 9.85. The maximum absolute atomic E-state index is 9.85. The fourth-order valence-electron chi connectivity index (χ4n) is 3.00. The molecule has 0 saturated heterocycles. The fraction of sp³-hybridized carbons (Fsp3) is 0.167. The maximum Gasteiger partial charge on any atom is 0.164 e. The number of aromatic nitrogens is 3. The first-order chi connectivity index (χ1) is 11.7. The summed E-state index contributed by atoms with van der Waals surface area (Å²) in [6.07, 6.45) is 0. The molecule has 1 aliphatic rings. The number of nitrogens with zero attached hydrogens (tertiary/aromatic N) is 4. The van der Waals surface area contributed by atoms with Crippen molar-refractivity contribution in [3.63, 3.8) is 0 Å². The Balaban J connectivity index is 2.01. The summed E-state index contributed by atoms with van der Waals surface area (Å²) in [5, 5.41) is 18.9. The Hall–Kier alpha value is -2.50. The van der Waals surface area contributed by atoms with Crippen molar-refractivity contribution in [3.8, 4) is 5.69 Å². The molecule has 0 bridgehead atoms. The van der Waals surface area contributed by atoms with Gasteiger partial charge in [0.25, 0.3) is 0 Å². The summed E-state index contributed by atoms with van der Waals surface area (Å²) < 4.78 is 1.96. The monoisotopic (exact) mass is 338 g/mol. The summed E-state index contributed by atoms with van der Waals surface area (Å²) in [7, 11) is 0. The van der Waals surface area contributed by atoms with Gasteiger partial charge < -0.3 is 5.11 Å². The van der Waals surface area contributed by atoms with Crippen LogP contribution in [0.25, 0.3) is 5.69 Å². The molecule has 1 aliphatic heterocycles. The third kappa shape index (κ3) is 2.33. The van der Waals surface area contributed by atoms with Gasteiger partial charge in [0.15, 0.2) is 5.82 Å². The van der Waals surface area contributed by atoms with E-state index in [-0.39, 0.29) is 6.61 Å². The van der Waals surface area contributed by atoms with Gasteiger partial charge >= 0.3 is 0 Å². The molecule has 6 heteroatoms. The van der Waals surface area contributed by atoms with Gasteiger partial charge in [0, 0.05) is 16.1 Å². The number of aliphatic hydroxyl groups excluding tert-OH is 1. The first-order valence-electron chi connectivity index (χ1n) is 7.65. The van der Waals surface area contributed by atoms with Gasteiger partial charge in [-0.1, -0.05) is 41.9 Å². The second kappa shape index (κ2) is 5.85. The van der Waals surface area contributed by atoms with Gasteiger partial charge in [-0.15, -0.1) is 10.2 Å². The number of fused-ring (bicyclic) bond motifs is 3. The molecule has 2 heterocycles. The molecule has 2 aromatic carbocycles. The lowest BCUT2D eigenvalue weighted by Gasteiger charge is -2.12. The van der Waals surface area contributed by atoms with E-state index in [4.69, 9.17) is 16.6 Å². The summed E-state index contributed by atoms with van der Waals surface area (Å²) in [4.78, 5) is 4.79. The number of benzene rings is 2. The van der Waals surface area contributed by atoms with E-state index >= 15 is 0 Å². The van der Waals surface area contributed by atoms with Crippen LogP contribution >= 0.6 is 11.6 Å². The van der Waals surface area contributed by atoms with Gasteiger partial charge in [0.2, 0.25) is 0 Å². The van der Waals surface area contributed by atoms with Crippen LogP contribution in [0.15, 0.2) is 53.5 Å². The van der Waals surface area contributed by atoms with Gasteiger partial charge in [-0.3, -0.25) is 9.56 Å². The Morgan fingerprint density at radius 2 is 1.83 bits per heavy atom. The highest BCUT2D eigenvalue weighted by Crippen LogP contribution is 2.30. The summed E-state index contributed by atoms with van der Waals surface area (Å²) in [6.45, 7) is 1.76. The molecule has 0 radical (unpaired) electrons. The van der Waals surface area contributed by atoms with Gasteiger partial charge in [-0.2, -0.15) is 0 Å². The molecular formula is C18H15ClN4O. The molecule has 3 aromatic rings. The van der Waals surface area contributed by atoms with Crippen molar-refractivity contribution < 1.29 is 5.11 Å². The number of hydrogen-bond acceptors (Lipinski definition) is 4. The Morgan fingerprint density at radius 1 is 1.08 bits per heavy atom. The lowest BCUT2D eigenvalue weighted by molar-refractivity contribution is 0.263. The first kappa shape index (κ1) is 15.1. The van der Waals surface area contributed by atoms with Crippen molar-refractivity contribution >= 4 is 17.3 Å². The van der Waals surface area contributed by atoms with Crippen LogP contribution in [-0.4, -0.2) is 32.2 Å². The Bertz CT molecular complexity index is 930. The molecule has 4 rings (SSSR count). The van der Waals surface area contributed by atoms with Crippen LogP contribution in [-0.2, 0) is 0 Å². The van der Waals surface area contributed by atoms with Crippen LogP contribution in [0.4, 0.5) is 0 Å². The average Bonchev–Trinajstić information content (AvgIpc) is 2.91. The highest BCUT2D eigenvalue weighted by molar-refractivity contribution is 6.30. The van der Waals surface area contributed by atoms with Crippen molar-refractivity contribution in [2.75, 3.05) is 6.61 Å². The first-order valence-corrected chi connectivity index (χ1v) is 8.03. The number of hydrogen-bond donors (Lipinski definition) is 1. The third-order valence-corrected chi connectivity index (χ3v) is 4.38. The zero-order valence-electron chi connectivity index (χ0n) is 13.0. The minimum atomic E-state index is -0.468. The van der Waals surface area contributed by atoms with Crippen molar-refractivity contribution in [1.82, 2.24) is 14.8 Å². The second-order valence-corrected chi connectivity index (χ2v) is 6.08. The summed E-state index contributed by atoms with van der Waals surface area (Å²) in [6, 6.07) is 15.1. The van der Waals surface area contributed by atoms with Crippen LogP contribution < -0.4 is 0 Å². The van der Waals surface area contributed by atoms with E-state index in [0.29, 0.717) is 10.8 Å². The van der Waals surface area contributed by atoms with Crippen molar-refractivity contribution in [2.45, 2.75) is 13.0 Å². The largest absolute Gasteiger partial charge is 0.394 e. The standard InChI is InChI=1S/C18H15ClN4O/c1-11-21-22-18-15(10-24)20-17(12-6-8-13(19)9-7-12)14-4-2-3-5-16(14)23(11)18/h2-9,15,24H,10H2,1H3/t15-/m0/s1. The van der Waals surface area contributed by atoms with Crippen LogP contribution in [0, 0.1) is 6.92 Å². The average molecular weight is 339 g/mol. The smallest absolute Gasteiger partial charge is 0.164 e. The predicted molar refractivity (Wildman–Crippen MR) is 93.0 cm³/mol. The quantitative estimate of drug-likeness (QED) is 0.781. The molecule has 0 spiro atoms. The molecule has 0 saturated carbocycles. The molecule has 0 fully saturated rings. The molecule has 1 atom stereocenters. The minimum absolute atomic E-state index is 0.136. The molecular weight excluding hydrogens is 324 g/mol. The van der Waals surface area contributed by atoms with Crippen LogP contribution in [0.1, 0.15) is 28.8 Å². The molecule has 0 aliphatic carbocycles. The van der Waals surface area contributed by atoms with E-state index in [2.05, 4.69) is 10.2 Å². The number of para-hydroxylation sites is 1. The summed E-state index contributed by atoms with van der Waals surface area (Å²) >= 11 is 6.01. The van der Waals surface area contributed by atoms with Crippen LogP contribution in [0.2, 0.25) is 5.02 Å². The zero-order valence-corrected chi connectivity index (χ0v) is 13.8. The molecule has 5 nitrogen and oxygen atoms in total. The lowest BCUT2D eigenvalue weighted by Crippen LogP contribution is -2.09. The van der Waals surface area contributed by atoms with Crippen molar-refractivity contribution in [1.29, 1.82) is 0 Å². The minimum Gasteiger partial charge on any atom is -0.394 e. The van der Waals surface area contributed by atoms with Gasteiger partial charge in [0.05, 0.1) is 18.0 Å². The Labute approximate surface area is 144 Å². The zero-order chi connectivity index (χ0) is 16.7. The second-order valence-electron chi connectivity index (χ2n) is 5.64. The topological polar surface area (TPSA) is 63.3 Å². The summed E-state index contributed by atoms with van der Waals surface area (Å²) in [5.74, 6) is 1.41. The number of aryl methyl sites for hydroxylation is 1. The Morgan fingerprint density at radius 3 is 2.58 bits per heavy atom. The number of halogens is 1. The van der Waals surface area contributed by atoms with E-state index in [1.807, 2.05) is 60.0 Å². The van der Waals surface area contributed by atoms with E-state index < -0.39 is 6.04 Å². The van der Waals surface area contributed by atoms with E-state index in [9.17, 15) is 5.11 Å². The van der Waals surface area contributed by atoms with Gasteiger partial charge in [0.1, 0.15) is 11.9 Å². The highest BCUT2D eigenvalue weighted by atomic mass is 35.5. The van der Waals surface area contributed by atoms with E-state index in [1.165, 1.54) is 0 Å². The third-order valence-electron chi connectivity index (χ3n) is 4.12. The Kier molecular flexibility index (Phi) is 3.67. The fourth-order valence-corrected chi connectivity index (χ4v) is 3.13. The molecule has 24 heavy (non-hydrogen) atoms.